The maximum Gasteiger partial charge on any atom is 0.340 e. The standard InChI is InChI=1S/C16H24N2O2/c1-10-4-6-13(8-11(10)2)18-15-7-5-12(17)9-14(15)16(19)20-3/h5,7,9-11,13,18H,4,6,8,17H2,1-3H3. The van der Waals surface area contributed by atoms with Gasteiger partial charge < -0.3 is 15.8 Å². The zero-order valence-corrected chi connectivity index (χ0v) is 12.5. The predicted molar refractivity (Wildman–Crippen MR) is 81.8 cm³/mol. The molecule has 1 fully saturated rings. The van der Waals surface area contributed by atoms with E-state index in [1.54, 1.807) is 6.07 Å². The van der Waals surface area contributed by atoms with Crippen molar-refractivity contribution >= 4 is 17.3 Å². The summed E-state index contributed by atoms with van der Waals surface area (Å²) in [4.78, 5) is 11.8. The summed E-state index contributed by atoms with van der Waals surface area (Å²) in [6, 6.07) is 5.75. The van der Waals surface area contributed by atoms with E-state index >= 15 is 0 Å². The van der Waals surface area contributed by atoms with E-state index in [4.69, 9.17) is 10.5 Å². The third-order valence-corrected chi connectivity index (χ3v) is 4.41. The molecule has 1 saturated carbocycles. The maximum atomic E-state index is 11.8. The van der Waals surface area contributed by atoms with Crippen molar-refractivity contribution < 1.29 is 9.53 Å². The van der Waals surface area contributed by atoms with Crippen LogP contribution in [-0.4, -0.2) is 19.1 Å². The van der Waals surface area contributed by atoms with Gasteiger partial charge in [0.25, 0.3) is 0 Å². The second kappa shape index (κ2) is 6.16. The first-order chi connectivity index (χ1) is 9.51. The van der Waals surface area contributed by atoms with Crippen LogP contribution in [0.15, 0.2) is 18.2 Å². The van der Waals surface area contributed by atoms with Crippen molar-refractivity contribution in [3.8, 4) is 0 Å². The molecule has 0 heterocycles. The summed E-state index contributed by atoms with van der Waals surface area (Å²) in [6.07, 6.45) is 3.49. The van der Waals surface area contributed by atoms with Crippen molar-refractivity contribution in [2.24, 2.45) is 11.8 Å². The Balaban J connectivity index is 2.15. The van der Waals surface area contributed by atoms with Crippen molar-refractivity contribution in [2.45, 2.75) is 39.2 Å². The fourth-order valence-electron chi connectivity index (χ4n) is 2.87. The molecule has 3 atom stereocenters. The summed E-state index contributed by atoms with van der Waals surface area (Å²) < 4.78 is 4.82. The minimum Gasteiger partial charge on any atom is -0.465 e. The molecule has 110 valence electrons. The Bertz CT molecular complexity index is 487. The van der Waals surface area contributed by atoms with Gasteiger partial charge in [0.2, 0.25) is 0 Å². The molecule has 0 amide bonds. The van der Waals surface area contributed by atoms with Crippen molar-refractivity contribution in [3.05, 3.63) is 23.8 Å². The third-order valence-electron chi connectivity index (χ3n) is 4.41. The normalized spacial score (nSPS) is 26.1. The van der Waals surface area contributed by atoms with Crippen molar-refractivity contribution in [2.75, 3.05) is 18.2 Å². The fraction of sp³-hybridized carbons (Fsp3) is 0.562. The van der Waals surface area contributed by atoms with Gasteiger partial charge in [0.1, 0.15) is 0 Å². The quantitative estimate of drug-likeness (QED) is 0.657. The number of nitrogens with two attached hydrogens (primary N) is 1. The lowest BCUT2D eigenvalue weighted by Gasteiger charge is -2.33. The number of rotatable bonds is 3. The van der Waals surface area contributed by atoms with Gasteiger partial charge in [-0.05, 0) is 49.3 Å². The van der Waals surface area contributed by atoms with Crippen LogP contribution in [0, 0.1) is 11.8 Å². The van der Waals surface area contributed by atoms with Crippen LogP contribution in [-0.2, 0) is 4.74 Å². The number of ether oxygens (including phenoxy) is 1. The highest BCUT2D eigenvalue weighted by molar-refractivity contribution is 5.96. The number of anilines is 2. The van der Waals surface area contributed by atoms with Gasteiger partial charge in [0.05, 0.1) is 12.7 Å². The average Bonchev–Trinajstić information content (AvgIpc) is 2.44. The molecule has 0 aliphatic heterocycles. The average molecular weight is 276 g/mol. The van der Waals surface area contributed by atoms with Crippen molar-refractivity contribution in [3.63, 3.8) is 0 Å². The van der Waals surface area contributed by atoms with Gasteiger partial charge in [-0.3, -0.25) is 0 Å². The van der Waals surface area contributed by atoms with E-state index in [1.165, 1.54) is 13.5 Å². The minimum absolute atomic E-state index is 0.350. The van der Waals surface area contributed by atoms with Gasteiger partial charge in [-0.25, -0.2) is 4.79 Å². The van der Waals surface area contributed by atoms with Crippen LogP contribution in [0.3, 0.4) is 0 Å². The summed E-state index contributed by atoms with van der Waals surface area (Å²) in [5.41, 5.74) is 7.66. The number of esters is 1. The zero-order chi connectivity index (χ0) is 14.7. The van der Waals surface area contributed by atoms with Crippen LogP contribution < -0.4 is 11.1 Å². The molecule has 0 saturated heterocycles. The predicted octanol–water partition coefficient (Wildman–Crippen LogP) is 3.29. The summed E-state index contributed by atoms with van der Waals surface area (Å²) in [5.74, 6) is 1.13. The lowest BCUT2D eigenvalue weighted by Crippen LogP contribution is -2.31. The topological polar surface area (TPSA) is 64.3 Å². The second-order valence-corrected chi connectivity index (χ2v) is 5.91. The first-order valence-electron chi connectivity index (χ1n) is 7.25. The van der Waals surface area contributed by atoms with E-state index in [0.29, 0.717) is 23.2 Å². The SMILES string of the molecule is COC(=O)c1cc(N)ccc1NC1CCC(C)C(C)C1. The summed E-state index contributed by atoms with van der Waals surface area (Å²) in [5, 5.41) is 3.49. The van der Waals surface area contributed by atoms with Crippen LogP contribution in [0.5, 0.6) is 0 Å². The summed E-state index contributed by atoms with van der Waals surface area (Å²) in [7, 11) is 1.39. The van der Waals surface area contributed by atoms with Gasteiger partial charge in [-0.15, -0.1) is 0 Å². The van der Waals surface area contributed by atoms with E-state index in [9.17, 15) is 4.79 Å². The minimum atomic E-state index is -0.350. The number of carbonyl (C=O) groups is 1. The second-order valence-electron chi connectivity index (χ2n) is 5.91. The van der Waals surface area contributed by atoms with E-state index in [0.717, 1.165) is 24.4 Å². The molecule has 1 aromatic carbocycles. The Hall–Kier alpha value is -1.71. The van der Waals surface area contributed by atoms with E-state index in [2.05, 4.69) is 19.2 Å². The summed E-state index contributed by atoms with van der Waals surface area (Å²) in [6.45, 7) is 4.60. The number of hydrogen-bond donors (Lipinski definition) is 2. The van der Waals surface area contributed by atoms with Crippen LogP contribution in [0.2, 0.25) is 0 Å². The molecule has 1 aromatic rings. The lowest BCUT2D eigenvalue weighted by molar-refractivity contribution is 0.0602. The molecule has 3 unspecified atom stereocenters. The van der Waals surface area contributed by atoms with Gasteiger partial charge in [-0.2, -0.15) is 0 Å². The van der Waals surface area contributed by atoms with E-state index < -0.39 is 0 Å². The van der Waals surface area contributed by atoms with Crippen LogP contribution >= 0.6 is 0 Å². The van der Waals surface area contributed by atoms with Crippen LogP contribution in [0.1, 0.15) is 43.5 Å². The van der Waals surface area contributed by atoms with Crippen molar-refractivity contribution in [1.29, 1.82) is 0 Å². The Morgan fingerprint density at radius 2 is 2.05 bits per heavy atom. The molecule has 4 nitrogen and oxygen atoms in total. The molecule has 2 rings (SSSR count). The summed E-state index contributed by atoms with van der Waals surface area (Å²) >= 11 is 0. The first kappa shape index (κ1) is 14.7. The maximum absolute atomic E-state index is 11.8. The van der Waals surface area contributed by atoms with Gasteiger partial charge in [0, 0.05) is 17.4 Å². The number of nitrogens with one attached hydrogen (secondary N) is 1. The lowest BCUT2D eigenvalue weighted by atomic mass is 9.79. The highest BCUT2D eigenvalue weighted by Crippen LogP contribution is 2.32. The largest absolute Gasteiger partial charge is 0.465 e. The van der Waals surface area contributed by atoms with Crippen LogP contribution in [0.25, 0.3) is 0 Å². The molecule has 0 bridgehead atoms. The molecule has 4 heteroatoms. The molecule has 0 aromatic heterocycles. The molecule has 1 aliphatic carbocycles. The third kappa shape index (κ3) is 3.24. The molecular formula is C16H24N2O2. The fourth-order valence-corrected chi connectivity index (χ4v) is 2.87. The Labute approximate surface area is 120 Å². The number of benzene rings is 1. The molecular weight excluding hydrogens is 252 g/mol. The van der Waals surface area contributed by atoms with Crippen LogP contribution in [0.4, 0.5) is 11.4 Å². The molecule has 20 heavy (non-hydrogen) atoms. The number of hydrogen-bond acceptors (Lipinski definition) is 4. The highest BCUT2D eigenvalue weighted by Gasteiger charge is 2.25. The van der Waals surface area contributed by atoms with Gasteiger partial charge in [0.15, 0.2) is 0 Å². The highest BCUT2D eigenvalue weighted by atomic mass is 16.5. The molecule has 0 spiro atoms. The van der Waals surface area contributed by atoms with Crippen molar-refractivity contribution in [1.82, 2.24) is 0 Å². The number of nitrogen functional groups attached to an aromatic ring is 1. The number of carbonyl (C=O) groups excluding carboxylic acids is 1. The zero-order valence-electron chi connectivity index (χ0n) is 12.5. The van der Waals surface area contributed by atoms with E-state index in [1.807, 2.05) is 12.1 Å². The Kier molecular flexibility index (Phi) is 4.53. The first-order valence-corrected chi connectivity index (χ1v) is 7.25. The Morgan fingerprint density at radius 1 is 1.30 bits per heavy atom. The monoisotopic (exact) mass is 276 g/mol. The molecule has 3 N–H and O–H groups in total. The van der Waals surface area contributed by atoms with Gasteiger partial charge >= 0.3 is 5.97 Å². The van der Waals surface area contributed by atoms with E-state index in [-0.39, 0.29) is 5.97 Å². The molecule has 0 radical (unpaired) electrons. The van der Waals surface area contributed by atoms with Gasteiger partial charge in [-0.1, -0.05) is 13.8 Å². The number of methoxy groups -OCH3 is 1. The molecule has 1 aliphatic rings. The Morgan fingerprint density at radius 3 is 2.70 bits per heavy atom. The smallest absolute Gasteiger partial charge is 0.340 e.